The third-order valence-electron chi connectivity index (χ3n) is 1.93. The first-order chi connectivity index (χ1) is 6.70. The fraction of sp³-hybridized carbons (Fsp3) is 0.100. The molecule has 0 fully saturated rings. The number of alkyl halides is 2. The van der Waals surface area contributed by atoms with E-state index in [9.17, 15) is 13.2 Å². The van der Waals surface area contributed by atoms with Crippen LogP contribution in [0.25, 0.3) is 10.8 Å². The predicted molar refractivity (Wildman–Crippen MR) is 45.5 cm³/mol. The summed E-state index contributed by atoms with van der Waals surface area (Å²) in [5.74, 6) is -0.892. The van der Waals surface area contributed by atoms with Gasteiger partial charge in [-0.3, -0.25) is 0 Å². The zero-order chi connectivity index (χ0) is 10.1. The molecule has 5 heteroatoms. The maximum atomic E-state index is 13.4. The number of benzene rings is 1. The van der Waals surface area contributed by atoms with Crippen molar-refractivity contribution < 1.29 is 45.9 Å². The molecule has 0 spiro atoms. The number of hydrogen-bond donors (Lipinski definition) is 0. The van der Waals surface area contributed by atoms with Crippen molar-refractivity contribution in [2.45, 2.75) is 6.43 Å². The molecule has 1 aromatic heterocycles. The Labute approximate surface area is 110 Å². The molecule has 0 N–H and O–H groups in total. The number of rotatable bonds is 1. The first-order valence-corrected chi connectivity index (χ1v) is 3.92. The minimum absolute atomic E-state index is 0. The van der Waals surface area contributed by atoms with Crippen LogP contribution in [0.3, 0.4) is 0 Å². The molecule has 0 saturated carbocycles. The summed E-state index contributed by atoms with van der Waals surface area (Å²) >= 11 is 0. The van der Waals surface area contributed by atoms with Gasteiger partial charge in [-0.2, -0.15) is 0 Å². The molecule has 0 saturated heterocycles. The van der Waals surface area contributed by atoms with Crippen LogP contribution >= 0.6 is 0 Å². The first-order valence-electron chi connectivity index (χ1n) is 3.92. The zero-order valence-electron chi connectivity index (χ0n) is 7.55. The van der Waals surface area contributed by atoms with Crippen LogP contribution in [-0.2, 0) is 32.7 Å². The van der Waals surface area contributed by atoms with Crippen molar-refractivity contribution in [3.63, 3.8) is 0 Å². The third kappa shape index (κ3) is 2.37. The average molecular weight is 285 g/mol. The van der Waals surface area contributed by atoms with Crippen molar-refractivity contribution in [2.24, 2.45) is 0 Å². The maximum absolute atomic E-state index is 13.4. The summed E-state index contributed by atoms with van der Waals surface area (Å²) in [6.45, 7) is 0. The van der Waals surface area contributed by atoms with E-state index in [4.69, 9.17) is 0 Å². The molecule has 75 valence electrons. The molecule has 0 aliphatic carbocycles. The van der Waals surface area contributed by atoms with Crippen molar-refractivity contribution in [1.82, 2.24) is 4.98 Å². The summed E-state index contributed by atoms with van der Waals surface area (Å²) in [6, 6.07) is 4.88. The summed E-state index contributed by atoms with van der Waals surface area (Å²) < 4.78 is 38.0. The maximum Gasteiger partial charge on any atom is 0.234 e. The van der Waals surface area contributed by atoms with Gasteiger partial charge in [-0.1, -0.05) is 11.5 Å². The van der Waals surface area contributed by atoms with Gasteiger partial charge in [0.25, 0.3) is 0 Å². The van der Waals surface area contributed by atoms with Crippen LogP contribution in [0.1, 0.15) is 12.0 Å². The number of nitrogens with zero attached hydrogens (tertiary/aromatic N) is 1. The van der Waals surface area contributed by atoms with Crippen molar-refractivity contribution in [2.75, 3.05) is 0 Å². The molecule has 0 aliphatic rings. The molecule has 0 bridgehead atoms. The second kappa shape index (κ2) is 5.04. The minimum Gasteiger partial charge on any atom is -0.313 e. The van der Waals surface area contributed by atoms with E-state index in [1.807, 2.05) is 0 Å². The van der Waals surface area contributed by atoms with Crippen LogP contribution in [0.2, 0.25) is 0 Å². The van der Waals surface area contributed by atoms with Crippen molar-refractivity contribution >= 4 is 10.8 Å². The van der Waals surface area contributed by atoms with Crippen LogP contribution in [0.4, 0.5) is 13.2 Å². The molecule has 2 rings (SSSR count). The van der Waals surface area contributed by atoms with Crippen molar-refractivity contribution in [3.8, 4) is 0 Å². The van der Waals surface area contributed by atoms with Crippen molar-refractivity contribution in [3.05, 3.63) is 42.0 Å². The largest absolute Gasteiger partial charge is 0.313 e. The minimum atomic E-state index is -2.82. The normalized spacial score (nSPS) is 10.4. The molecule has 1 radical (unpaired) electrons. The fourth-order valence-electron chi connectivity index (χ4n) is 1.23. The van der Waals surface area contributed by atoms with Gasteiger partial charge in [0.15, 0.2) is 0 Å². The first kappa shape index (κ1) is 12.6. The molecule has 1 aromatic carbocycles. The monoisotopic (exact) mass is 285 g/mol. The molecule has 15 heavy (non-hydrogen) atoms. The fourth-order valence-corrected chi connectivity index (χ4v) is 1.23. The Kier molecular flexibility index (Phi) is 4.23. The van der Waals surface area contributed by atoms with E-state index in [1.54, 1.807) is 0 Å². The number of aromatic nitrogens is 1. The molecule has 1 nitrogen and oxygen atoms in total. The molecule has 1 heterocycles. The summed E-state index contributed by atoms with van der Waals surface area (Å²) in [7, 11) is 0. The number of fused-ring (bicyclic) bond motifs is 1. The third-order valence-corrected chi connectivity index (χ3v) is 1.93. The quantitative estimate of drug-likeness (QED) is 0.734. The van der Waals surface area contributed by atoms with Gasteiger partial charge in [-0.25, -0.2) is 13.2 Å². The van der Waals surface area contributed by atoms with E-state index in [1.165, 1.54) is 18.5 Å². The van der Waals surface area contributed by atoms with Gasteiger partial charge >= 0.3 is 0 Å². The van der Waals surface area contributed by atoms with E-state index in [-0.39, 0.29) is 38.1 Å². The SMILES string of the molecule is Fc1c(C(F)F)c[c-]c2cnccc12.[Y]. The summed E-state index contributed by atoms with van der Waals surface area (Å²) in [6.07, 6.45) is -0.0777. The predicted octanol–water partition coefficient (Wildman–Crippen LogP) is 3.11. The Morgan fingerprint density at radius 1 is 1.33 bits per heavy atom. The van der Waals surface area contributed by atoms with E-state index < -0.39 is 17.8 Å². The summed E-state index contributed by atoms with van der Waals surface area (Å²) in [5, 5.41) is 0.521. The van der Waals surface area contributed by atoms with Gasteiger partial charge in [0.1, 0.15) is 0 Å². The Morgan fingerprint density at radius 2 is 2.07 bits per heavy atom. The molecule has 0 amide bonds. The molecular formula is C10H5F3NY-. The Hall–Kier alpha value is -0.476. The summed E-state index contributed by atoms with van der Waals surface area (Å²) in [4.78, 5) is 3.74. The van der Waals surface area contributed by atoms with Gasteiger partial charge in [-0.05, 0) is 11.8 Å². The molecule has 0 unspecified atom stereocenters. The van der Waals surface area contributed by atoms with Crippen LogP contribution in [0.5, 0.6) is 0 Å². The molecular weight excluding hydrogens is 280 g/mol. The zero-order valence-corrected chi connectivity index (χ0v) is 10.4. The Balaban J connectivity index is 0.00000112. The second-order valence-corrected chi connectivity index (χ2v) is 2.78. The van der Waals surface area contributed by atoms with E-state index in [0.717, 1.165) is 6.07 Å². The number of pyridine rings is 1. The van der Waals surface area contributed by atoms with Gasteiger partial charge in [0, 0.05) is 38.9 Å². The molecule has 2 aromatic rings. The standard InChI is InChI=1S/C10H5F3N.Y/c11-9-7-3-4-14-5-6(7)1-2-8(9)10(12)13;/h2-5,10H;/q-1;. The van der Waals surface area contributed by atoms with Gasteiger partial charge in [-0.15, -0.1) is 17.5 Å². The van der Waals surface area contributed by atoms with Crippen molar-refractivity contribution in [1.29, 1.82) is 0 Å². The molecule has 0 atom stereocenters. The van der Waals surface area contributed by atoms with Crippen LogP contribution in [0.15, 0.2) is 24.5 Å². The Morgan fingerprint density at radius 3 is 2.73 bits per heavy atom. The number of halogens is 3. The van der Waals surface area contributed by atoms with Gasteiger partial charge in [0.05, 0.1) is 5.82 Å². The van der Waals surface area contributed by atoms with Crippen LogP contribution in [0, 0.1) is 11.9 Å². The van der Waals surface area contributed by atoms with Gasteiger partial charge < -0.3 is 4.98 Å². The van der Waals surface area contributed by atoms with Gasteiger partial charge in [0.2, 0.25) is 6.43 Å². The van der Waals surface area contributed by atoms with Crippen LogP contribution < -0.4 is 0 Å². The second-order valence-electron chi connectivity index (χ2n) is 2.78. The van der Waals surface area contributed by atoms with Crippen LogP contribution in [-0.4, -0.2) is 4.98 Å². The van der Waals surface area contributed by atoms with E-state index in [0.29, 0.717) is 5.39 Å². The smallest absolute Gasteiger partial charge is 0.234 e. The average Bonchev–Trinajstić information content (AvgIpc) is 2.18. The van der Waals surface area contributed by atoms with E-state index in [2.05, 4.69) is 11.1 Å². The number of hydrogen-bond acceptors (Lipinski definition) is 1. The van der Waals surface area contributed by atoms with E-state index >= 15 is 0 Å². The topological polar surface area (TPSA) is 12.9 Å². The molecule has 0 aliphatic heterocycles. The Bertz CT molecular complexity index is 473. The summed E-state index contributed by atoms with van der Waals surface area (Å²) in [5.41, 5.74) is -0.622.